The zero-order valence-corrected chi connectivity index (χ0v) is 29.0. The van der Waals surface area contributed by atoms with Crippen molar-refractivity contribution in [2.75, 3.05) is 26.4 Å². The van der Waals surface area contributed by atoms with E-state index in [1.54, 1.807) is 0 Å². The first-order valence-electron chi connectivity index (χ1n) is 17.7. The molecule has 0 aromatic rings. The van der Waals surface area contributed by atoms with Crippen LogP contribution in [0.15, 0.2) is 12.2 Å². The number of nitrogens with two attached hydrogens (primary N) is 1. The Hall–Kier alpha value is -1.25. The maximum absolute atomic E-state index is 12.5. The molecule has 260 valence electrons. The van der Waals surface area contributed by atoms with Crippen LogP contribution >= 0.6 is 7.82 Å². The number of phosphoric acid groups is 1. The second kappa shape index (κ2) is 31.7. The van der Waals surface area contributed by atoms with Crippen molar-refractivity contribution in [2.24, 2.45) is 5.73 Å². The molecule has 2 atom stereocenters. The normalized spacial score (nSPS) is 13.6. The van der Waals surface area contributed by atoms with Gasteiger partial charge in [0.05, 0.1) is 13.2 Å². The standard InChI is InChI=1S/C34H66NO8P/c1-3-5-7-9-11-13-14-15-16-17-18-19-21-23-25-27-34(37)43-32(31-42-44(38,39)41-29-28-35)30-40-33(36)26-24-22-20-12-10-8-6-4-2/h17-18,32H,3-16,19-31,35H2,1-2H3,(H,38,39)/b18-17+/t32-/m1/s1. The van der Waals surface area contributed by atoms with Gasteiger partial charge in [-0.05, 0) is 38.5 Å². The van der Waals surface area contributed by atoms with Gasteiger partial charge in [-0.3, -0.25) is 18.6 Å². The van der Waals surface area contributed by atoms with Crippen molar-refractivity contribution in [2.45, 2.75) is 168 Å². The van der Waals surface area contributed by atoms with E-state index >= 15 is 0 Å². The molecule has 0 saturated heterocycles. The molecular weight excluding hydrogens is 581 g/mol. The van der Waals surface area contributed by atoms with Gasteiger partial charge in [0.25, 0.3) is 0 Å². The van der Waals surface area contributed by atoms with Crippen LogP contribution in [0, 0.1) is 0 Å². The summed E-state index contributed by atoms with van der Waals surface area (Å²) in [5, 5.41) is 0. The first-order valence-corrected chi connectivity index (χ1v) is 19.2. The number of unbranched alkanes of at least 4 members (excludes halogenated alkanes) is 18. The quantitative estimate of drug-likeness (QED) is 0.0309. The van der Waals surface area contributed by atoms with Crippen molar-refractivity contribution >= 4 is 19.8 Å². The number of allylic oxidation sites excluding steroid dienone is 2. The largest absolute Gasteiger partial charge is 0.472 e. The van der Waals surface area contributed by atoms with Gasteiger partial charge in [0.15, 0.2) is 6.10 Å². The molecule has 0 aliphatic rings. The fourth-order valence-corrected chi connectivity index (χ4v) is 5.51. The van der Waals surface area contributed by atoms with Gasteiger partial charge in [-0.1, -0.05) is 122 Å². The van der Waals surface area contributed by atoms with Crippen molar-refractivity contribution in [1.29, 1.82) is 0 Å². The van der Waals surface area contributed by atoms with Crippen LogP contribution < -0.4 is 5.73 Å². The van der Waals surface area contributed by atoms with E-state index < -0.39 is 26.5 Å². The van der Waals surface area contributed by atoms with Crippen LogP contribution in [-0.4, -0.2) is 49.3 Å². The second-order valence-electron chi connectivity index (χ2n) is 11.7. The van der Waals surface area contributed by atoms with Crippen LogP contribution in [0.1, 0.15) is 162 Å². The molecule has 0 aromatic heterocycles. The third kappa shape index (κ3) is 30.8. The molecule has 0 aliphatic heterocycles. The molecule has 0 radical (unpaired) electrons. The predicted molar refractivity (Wildman–Crippen MR) is 178 cm³/mol. The molecule has 0 bridgehead atoms. The maximum atomic E-state index is 12.5. The third-order valence-electron chi connectivity index (χ3n) is 7.40. The minimum atomic E-state index is -4.36. The summed E-state index contributed by atoms with van der Waals surface area (Å²) in [5.74, 6) is -0.849. The Bertz CT molecular complexity index is 749. The van der Waals surface area contributed by atoms with E-state index in [4.69, 9.17) is 24.3 Å². The van der Waals surface area contributed by atoms with E-state index in [2.05, 4.69) is 26.0 Å². The van der Waals surface area contributed by atoms with E-state index in [9.17, 15) is 19.0 Å². The molecule has 10 heteroatoms. The topological polar surface area (TPSA) is 134 Å². The number of hydrogen-bond donors (Lipinski definition) is 2. The summed E-state index contributed by atoms with van der Waals surface area (Å²) in [6, 6.07) is 0. The van der Waals surface area contributed by atoms with Crippen LogP contribution in [0.4, 0.5) is 0 Å². The summed E-state index contributed by atoms with van der Waals surface area (Å²) in [5.41, 5.74) is 5.31. The monoisotopic (exact) mass is 647 g/mol. The third-order valence-corrected chi connectivity index (χ3v) is 8.39. The van der Waals surface area contributed by atoms with Gasteiger partial charge in [0.2, 0.25) is 0 Å². The fraction of sp³-hybridized carbons (Fsp3) is 0.882. The highest BCUT2D eigenvalue weighted by atomic mass is 31.2. The number of carbonyl (C=O) groups is 2. The number of hydrogen-bond acceptors (Lipinski definition) is 8. The summed E-state index contributed by atoms with van der Waals surface area (Å²) >= 11 is 0. The van der Waals surface area contributed by atoms with E-state index in [1.165, 1.54) is 83.5 Å². The summed E-state index contributed by atoms with van der Waals surface area (Å²) in [6.45, 7) is 3.66. The Labute approximate surface area is 269 Å². The fourth-order valence-electron chi connectivity index (χ4n) is 4.74. The highest BCUT2D eigenvalue weighted by Crippen LogP contribution is 2.43. The lowest BCUT2D eigenvalue weighted by Crippen LogP contribution is -2.29. The maximum Gasteiger partial charge on any atom is 0.472 e. The van der Waals surface area contributed by atoms with Gasteiger partial charge in [-0.2, -0.15) is 0 Å². The van der Waals surface area contributed by atoms with Crippen LogP contribution in [0.25, 0.3) is 0 Å². The van der Waals surface area contributed by atoms with Crippen molar-refractivity contribution in [1.82, 2.24) is 0 Å². The average molecular weight is 648 g/mol. The lowest BCUT2D eigenvalue weighted by molar-refractivity contribution is -0.161. The molecule has 0 aliphatic carbocycles. The van der Waals surface area contributed by atoms with Crippen molar-refractivity contribution in [3.05, 3.63) is 12.2 Å². The summed E-state index contributed by atoms with van der Waals surface area (Å²) in [6.07, 6.45) is 28.3. The number of ether oxygens (including phenoxy) is 2. The predicted octanol–water partition coefficient (Wildman–Crippen LogP) is 9.10. The van der Waals surface area contributed by atoms with Crippen LogP contribution in [0.2, 0.25) is 0 Å². The van der Waals surface area contributed by atoms with Crippen molar-refractivity contribution in [3.8, 4) is 0 Å². The molecule has 44 heavy (non-hydrogen) atoms. The molecule has 0 saturated carbocycles. The van der Waals surface area contributed by atoms with E-state index in [0.717, 1.165) is 44.9 Å². The Kier molecular flexibility index (Phi) is 30.8. The lowest BCUT2D eigenvalue weighted by Gasteiger charge is -2.19. The van der Waals surface area contributed by atoms with Gasteiger partial charge in [0.1, 0.15) is 6.61 Å². The van der Waals surface area contributed by atoms with Crippen LogP contribution in [0.3, 0.4) is 0 Å². The summed E-state index contributed by atoms with van der Waals surface area (Å²) in [7, 11) is -4.36. The summed E-state index contributed by atoms with van der Waals surface area (Å²) in [4.78, 5) is 34.5. The first kappa shape index (κ1) is 42.8. The molecule has 3 N–H and O–H groups in total. The minimum absolute atomic E-state index is 0.0533. The molecule has 0 rings (SSSR count). The van der Waals surface area contributed by atoms with Gasteiger partial charge in [0, 0.05) is 19.4 Å². The highest BCUT2D eigenvalue weighted by molar-refractivity contribution is 7.47. The lowest BCUT2D eigenvalue weighted by atomic mass is 10.1. The van der Waals surface area contributed by atoms with Gasteiger partial charge >= 0.3 is 19.8 Å². The number of esters is 2. The average Bonchev–Trinajstić information content (AvgIpc) is 3.00. The molecule has 0 fully saturated rings. The summed E-state index contributed by atoms with van der Waals surface area (Å²) < 4.78 is 32.5. The molecule has 0 heterocycles. The number of rotatable bonds is 33. The molecule has 0 amide bonds. The van der Waals surface area contributed by atoms with Gasteiger partial charge in [-0.15, -0.1) is 0 Å². The van der Waals surface area contributed by atoms with E-state index in [0.29, 0.717) is 6.42 Å². The van der Waals surface area contributed by atoms with Crippen LogP contribution in [0.5, 0.6) is 0 Å². The Balaban J connectivity index is 4.25. The zero-order valence-electron chi connectivity index (χ0n) is 28.2. The number of carbonyl (C=O) groups excluding carboxylic acids is 2. The smallest absolute Gasteiger partial charge is 0.462 e. The minimum Gasteiger partial charge on any atom is -0.462 e. The Morgan fingerprint density at radius 1 is 0.659 bits per heavy atom. The van der Waals surface area contributed by atoms with E-state index in [1.807, 2.05) is 0 Å². The highest BCUT2D eigenvalue weighted by Gasteiger charge is 2.25. The van der Waals surface area contributed by atoms with Crippen molar-refractivity contribution in [3.63, 3.8) is 0 Å². The number of phosphoric ester groups is 1. The van der Waals surface area contributed by atoms with Crippen molar-refractivity contribution < 1.29 is 37.6 Å². The zero-order chi connectivity index (χ0) is 32.6. The molecule has 0 spiro atoms. The van der Waals surface area contributed by atoms with Crippen LogP contribution in [-0.2, 0) is 32.7 Å². The Morgan fingerprint density at radius 3 is 1.64 bits per heavy atom. The van der Waals surface area contributed by atoms with Gasteiger partial charge in [-0.25, -0.2) is 4.57 Å². The SMILES string of the molecule is CCCCCCCCCC/C=C/CCCCCC(=O)O[C@H](COC(=O)CCCCCCCCCC)COP(=O)(O)OCCN. The molecule has 1 unspecified atom stereocenters. The Morgan fingerprint density at radius 2 is 1.11 bits per heavy atom. The first-order chi connectivity index (χ1) is 21.3. The molecule has 9 nitrogen and oxygen atoms in total. The van der Waals surface area contributed by atoms with E-state index in [-0.39, 0.29) is 38.6 Å². The molecule has 0 aromatic carbocycles. The van der Waals surface area contributed by atoms with Gasteiger partial charge < -0.3 is 20.1 Å². The molecular formula is C34H66NO8P. The second-order valence-corrected chi connectivity index (χ2v) is 13.2.